The third-order valence-electron chi connectivity index (χ3n) is 3.67. The summed E-state index contributed by atoms with van der Waals surface area (Å²) in [5.74, 6) is -0.197. The molecule has 1 unspecified atom stereocenters. The van der Waals surface area contributed by atoms with Crippen LogP contribution in [0.5, 0.6) is 0 Å². The van der Waals surface area contributed by atoms with Gasteiger partial charge in [-0.1, -0.05) is 19.1 Å². The van der Waals surface area contributed by atoms with Crippen LogP contribution in [0, 0.1) is 5.82 Å². The molecule has 2 aromatic rings. The second-order valence-electron chi connectivity index (χ2n) is 5.04. The number of rotatable bonds is 5. The van der Waals surface area contributed by atoms with Gasteiger partial charge < -0.3 is 5.32 Å². The van der Waals surface area contributed by atoms with Crippen LogP contribution in [-0.2, 0) is 12.8 Å². The standard InChI is InChI=1S/C17H21FN2/c1-4-13-5-7-16(20-11-13)10-14-9-15(18)6-8-17(14)12(2)19-3/h5-9,11-12,19H,4,10H2,1-3H3. The Bertz CT molecular complexity index is 564. The van der Waals surface area contributed by atoms with Gasteiger partial charge in [0.2, 0.25) is 0 Å². The molecule has 1 aromatic heterocycles. The molecular formula is C17H21FN2. The van der Waals surface area contributed by atoms with Crippen molar-refractivity contribution in [2.45, 2.75) is 32.7 Å². The SMILES string of the molecule is CCc1ccc(Cc2cc(F)ccc2C(C)NC)nc1. The first-order valence-corrected chi connectivity index (χ1v) is 7.03. The molecule has 0 spiro atoms. The summed E-state index contributed by atoms with van der Waals surface area (Å²) in [6.45, 7) is 4.18. The van der Waals surface area contributed by atoms with Crippen LogP contribution < -0.4 is 5.32 Å². The van der Waals surface area contributed by atoms with Crippen molar-refractivity contribution < 1.29 is 4.39 Å². The quantitative estimate of drug-likeness (QED) is 0.898. The Labute approximate surface area is 120 Å². The molecule has 3 heteroatoms. The predicted octanol–water partition coefficient (Wildman–Crippen LogP) is 3.65. The van der Waals surface area contributed by atoms with Crippen LogP contribution in [0.3, 0.4) is 0 Å². The normalized spacial score (nSPS) is 12.4. The van der Waals surface area contributed by atoms with Gasteiger partial charge in [-0.05, 0) is 55.3 Å². The van der Waals surface area contributed by atoms with E-state index in [9.17, 15) is 4.39 Å². The molecule has 0 bridgehead atoms. The molecule has 1 N–H and O–H groups in total. The van der Waals surface area contributed by atoms with Crippen LogP contribution >= 0.6 is 0 Å². The summed E-state index contributed by atoms with van der Waals surface area (Å²) in [5.41, 5.74) is 4.30. The van der Waals surface area contributed by atoms with Gasteiger partial charge in [-0.2, -0.15) is 0 Å². The summed E-state index contributed by atoms with van der Waals surface area (Å²) in [6.07, 6.45) is 3.54. The van der Waals surface area contributed by atoms with Crippen LogP contribution in [-0.4, -0.2) is 12.0 Å². The van der Waals surface area contributed by atoms with Crippen molar-refractivity contribution in [3.63, 3.8) is 0 Å². The van der Waals surface area contributed by atoms with Crippen molar-refractivity contribution in [1.29, 1.82) is 0 Å². The summed E-state index contributed by atoms with van der Waals surface area (Å²) < 4.78 is 13.5. The number of nitrogens with zero attached hydrogens (tertiary/aromatic N) is 1. The van der Waals surface area contributed by atoms with E-state index in [-0.39, 0.29) is 11.9 Å². The van der Waals surface area contributed by atoms with Crippen LogP contribution in [0.15, 0.2) is 36.5 Å². The molecular weight excluding hydrogens is 251 g/mol. The number of nitrogens with one attached hydrogen (secondary N) is 1. The van der Waals surface area contributed by atoms with Gasteiger partial charge >= 0.3 is 0 Å². The summed E-state index contributed by atoms with van der Waals surface area (Å²) in [4.78, 5) is 4.46. The van der Waals surface area contributed by atoms with E-state index in [2.05, 4.69) is 30.2 Å². The van der Waals surface area contributed by atoms with Crippen LogP contribution in [0.4, 0.5) is 4.39 Å². The molecule has 0 aliphatic carbocycles. The van der Waals surface area contributed by atoms with E-state index in [1.165, 1.54) is 11.6 Å². The van der Waals surface area contributed by atoms with E-state index in [1.807, 2.05) is 25.4 Å². The van der Waals surface area contributed by atoms with E-state index in [0.29, 0.717) is 6.42 Å². The number of pyridine rings is 1. The summed E-state index contributed by atoms with van der Waals surface area (Å²) >= 11 is 0. The van der Waals surface area contributed by atoms with Crippen molar-refractivity contribution in [2.24, 2.45) is 0 Å². The van der Waals surface area contributed by atoms with Crippen LogP contribution in [0.25, 0.3) is 0 Å². The van der Waals surface area contributed by atoms with Crippen molar-refractivity contribution >= 4 is 0 Å². The number of benzene rings is 1. The molecule has 0 aliphatic rings. The molecule has 2 rings (SSSR count). The van der Waals surface area contributed by atoms with Gasteiger partial charge in [0, 0.05) is 24.4 Å². The Morgan fingerprint density at radius 1 is 1.25 bits per heavy atom. The molecule has 1 atom stereocenters. The third-order valence-corrected chi connectivity index (χ3v) is 3.67. The number of halogens is 1. The zero-order chi connectivity index (χ0) is 14.5. The highest BCUT2D eigenvalue weighted by Gasteiger charge is 2.11. The molecule has 106 valence electrons. The molecule has 2 nitrogen and oxygen atoms in total. The molecule has 0 radical (unpaired) electrons. The molecule has 0 aliphatic heterocycles. The second kappa shape index (κ2) is 6.62. The number of hydrogen-bond donors (Lipinski definition) is 1. The fourth-order valence-electron chi connectivity index (χ4n) is 2.27. The van der Waals surface area contributed by atoms with E-state index < -0.39 is 0 Å². The van der Waals surface area contributed by atoms with Gasteiger partial charge in [0.25, 0.3) is 0 Å². The van der Waals surface area contributed by atoms with Crippen LogP contribution in [0.1, 0.15) is 42.3 Å². The lowest BCUT2D eigenvalue weighted by molar-refractivity contribution is 0.613. The number of aryl methyl sites for hydroxylation is 1. The summed E-state index contributed by atoms with van der Waals surface area (Å²) in [7, 11) is 1.91. The van der Waals surface area contributed by atoms with Gasteiger partial charge in [-0.3, -0.25) is 4.98 Å². The second-order valence-corrected chi connectivity index (χ2v) is 5.04. The maximum absolute atomic E-state index is 13.5. The first kappa shape index (κ1) is 14.7. The molecule has 1 heterocycles. The Morgan fingerprint density at radius 3 is 2.65 bits per heavy atom. The Hall–Kier alpha value is -1.74. The monoisotopic (exact) mass is 272 g/mol. The Balaban J connectivity index is 2.28. The molecule has 0 saturated heterocycles. The van der Waals surface area contributed by atoms with Crippen molar-refractivity contribution in [3.05, 3.63) is 64.7 Å². The predicted molar refractivity (Wildman–Crippen MR) is 80.3 cm³/mol. The number of hydrogen-bond acceptors (Lipinski definition) is 2. The maximum Gasteiger partial charge on any atom is 0.123 e. The molecule has 0 fully saturated rings. The molecule has 0 saturated carbocycles. The largest absolute Gasteiger partial charge is 0.313 e. The summed E-state index contributed by atoms with van der Waals surface area (Å²) in [6, 6.07) is 9.28. The minimum absolute atomic E-state index is 0.195. The van der Waals surface area contributed by atoms with E-state index >= 15 is 0 Å². The fourth-order valence-corrected chi connectivity index (χ4v) is 2.27. The topological polar surface area (TPSA) is 24.9 Å². The number of aromatic nitrogens is 1. The van der Waals surface area contributed by atoms with E-state index in [0.717, 1.165) is 23.2 Å². The highest BCUT2D eigenvalue weighted by molar-refractivity contribution is 5.34. The lowest BCUT2D eigenvalue weighted by atomic mass is 9.97. The third kappa shape index (κ3) is 3.42. The smallest absolute Gasteiger partial charge is 0.123 e. The van der Waals surface area contributed by atoms with Gasteiger partial charge in [0.1, 0.15) is 5.82 Å². The lowest BCUT2D eigenvalue weighted by Crippen LogP contribution is -2.14. The van der Waals surface area contributed by atoms with E-state index in [1.54, 1.807) is 6.07 Å². The average Bonchev–Trinajstić information content (AvgIpc) is 2.47. The van der Waals surface area contributed by atoms with Crippen LogP contribution in [0.2, 0.25) is 0 Å². The van der Waals surface area contributed by atoms with Gasteiger partial charge in [-0.25, -0.2) is 4.39 Å². The highest BCUT2D eigenvalue weighted by Crippen LogP contribution is 2.21. The first-order chi connectivity index (χ1) is 9.63. The minimum Gasteiger partial charge on any atom is -0.313 e. The Morgan fingerprint density at radius 2 is 2.05 bits per heavy atom. The van der Waals surface area contributed by atoms with E-state index in [4.69, 9.17) is 0 Å². The Kier molecular flexibility index (Phi) is 4.85. The molecule has 0 amide bonds. The zero-order valence-electron chi connectivity index (χ0n) is 12.3. The van der Waals surface area contributed by atoms with Gasteiger partial charge in [0.05, 0.1) is 0 Å². The fraction of sp³-hybridized carbons (Fsp3) is 0.353. The maximum atomic E-state index is 13.5. The van der Waals surface area contributed by atoms with Gasteiger partial charge in [0.15, 0.2) is 0 Å². The minimum atomic E-state index is -0.197. The zero-order valence-corrected chi connectivity index (χ0v) is 12.3. The first-order valence-electron chi connectivity index (χ1n) is 7.03. The van der Waals surface area contributed by atoms with Crippen molar-refractivity contribution in [2.75, 3.05) is 7.05 Å². The van der Waals surface area contributed by atoms with Crippen molar-refractivity contribution in [3.8, 4) is 0 Å². The average molecular weight is 272 g/mol. The lowest BCUT2D eigenvalue weighted by Gasteiger charge is -2.16. The van der Waals surface area contributed by atoms with Crippen molar-refractivity contribution in [1.82, 2.24) is 10.3 Å². The molecule has 1 aromatic carbocycles. The van der Waals surface area contributed by atoms with Gasteiger partial charge in [-0.15, -0.1) is 0 Å². The summed E-state index contributed by atoms with van der Waals surface area (Å²) in [5, 5.41) is 3.20. The highest BCUT2D eigenvalue weighted by atomic mass is 19.1. The molecule has 20 heavy (non-hydrogen) atoms.